The highest BCUT2D eigenvalue weighted by molar-refractivity contribution is 4.96. The number of nitrogens with zero attached hydrogens (tertiary/aromatic N) is 1. The Morgan fingerprint density at radius 3 is 2.59 bits per heavy atom. The number of nitrogens with two attached hydrogens (primary N) is 1. The fourth-order valence-corrected chi connectivity index (χ4v) is 3.71. The van der Waals surface area contributed by atoms with Crippen molar-refractivity contribution in [3.05, 3.63) is 0 Å². The molecule has 2 saturated carbocycles. The Balaban J connectivity index is 1.95. The van der Waals surface area contributed by atoms with Gasteiger partial charge in [0.15, 0.2) is 0 Å². The van der Waals surface area contributed by atoms with Gasteiger partial charge < -0.3 is 5.73 Å². The second kappa shape index (κ2) is 5.71. The van der Waals surface area contributed by atoms with E-state index < -0.39 is 0 Å². The van der Waals surface area contributed by atoms with Gasteiger partial charge in [0.25, 0.3) is 0 Å². The van der Waals surface area contributed by atoms with Crippen molar-refractivity contribution < 1.29 is 0 Å². The molecule has 0 radical (unpaired) electrons. The van der Waals surface area contributed by atoms with Gasteiger partial charge in [-0.25, -0.2) is 0 Å². The molecule has 0 aromatic carbocycles. The number of hydrogen-bond donors (Lipinski definition) is 1. The van der Waals surface area contributed by atoms with Crippen molar-refractivity contribution in [3.63, 3.8) is 0 Å². The van der Waals surface area contributed by atoms with Crippen LogP contribution in [0.5, 0.6) is 0 Å². The normalized spacial score (nSPS) is 34.2. The maximum absolute atomic E-state index is 6.16. The maximum atomic E-state index is 6.16. The van der Waals surface area contributed by atoms with E-state index in [1.165, 1.54) is 58.0 Å². The molecule has 2 N–H and O–H groups in total. The Kier molecular flexibility index (Phi) is 4.48. The Hall–Kier alpha value is -0.0800. The molecule has 0 aliphatic heterocycles. The van der Waals surface area contributed by atoms with Crippen LogP contribution < -0.4 is 5.73 Å². The molecule has 0 saturated heterocycles. The zero-order valence-electron chi connectivity index (χ0n) is 11.8. The first-order chi connectivity index (χ1) is 8.20. The molecule has 2 aliphatic rings. The van der Waals surface area contributed by atoms with Crippen LogP contribution in [0.1, 0.15) is 58.8 Å². The van der Waals surface area contributed by atoms with E-state index in [4.69, 9.17) is 5.73 Å². The van der Waals surface area contributed by atoms with Crippen LogP contribution in [0.2, 0.25) is 0 Å². The van der Waals surface area contributed by atoms with E-state index in [0.29, 0.717) is 5.54 Å². The van der Waals surface area contributed by atoms with Crippen LogP contribution in [-0.2, 0) is 0 Å². The lowest BCUT2D eigenvalue weighted by molar-refractivity contribution is 0.0412. The zero-order chi connectivity index (χ0) is 12.3. The summed E-state index contributed by atoms with van der Waals surface area (Å²) in [5, 5.41) is 0. The van der Waals surface area contributed by atoms with Crippen LogP contribution in [0, 0.1) is 11.8 Å². The van der Waals surface area contributed by atoms with Gasteiger partial charge in [0, 0.05) is 12.1 Å². The van der Waals surface area contributed by atoms with Gasteiger partial charge in [0.2, 0.25) is 0 Å². The SMILES string of the molecule is CCN(CCC1CC1)C1(CN)CCCC(C)C1. The fourth-order valence-electron chi connectivity index (χ4n) is 3.71. The lowest BCUT2D eigenvalue weighted by Gasteiger charge is -2.47. The average Bonchev–Trinajstić information content (AvgIpc) is 3.14. The van der Waals surface area contributed by atoms with Crippen molar-refractivity contribution in [2.45, 2.75) is 64.3 Å². The third kappa shape index (κ3) is 3.23. The summed E-state index contributed by atoms with van der Waals surface area (Å²) in [5.41, 5.74) is 6.49. The molecule has 2 heteroatoms. The van der Waals surface area contributed by atoms with Crippen LogP contribution in [0.25, 0.3) is 0 Å². The quantitative estimate of drug-likeness (QED) is 0.771. The highest BCUT2D eigenvalue weighted by atomic mass is 15.2. The predicted octanol–water partition coefficient (Wildman–Crippen LogP) is 3.02. The van der Waals surface area contributed by atoms with E-state index in [1.54, 1.807) is 0 Å². The summed E-state index contributed by atoms with van der Waals surface area (Å²) in [7, 11) is 0. The molecule has 17 heavy (non-hydrogen) atoms. The molecular formula is C15H30N2. The molecule has 2 aliphatic carbocycles. The van der Waals surface area contributed by atoms with Crippen molar-refractivity contribution in [3.8, 4) is 0 Å². The topological polar surface area (TPSA) is 29.3 Å². The van der Waals surface area contributed by atoms with E-state index in [1.807, 2.05) is 0 Å². The van der Waals surface area contributed by atoms with Crippen LogP contribution in [-0.4, -0.2) is 30.1 Å². The molecule has 2 unspecified atom stereocenters. The van der Waals surface area contributed by atoms with Crippen LogP contribution >= 0.6 is 0 Å². The summed E-state index contributed by atoms with van der Waals surface area (Å²) >= 11 is 0. The molecule has 0 bridgehead atoms. The summed E-state index contributed by atoms with van der Waals surface area (Å²) < 4.78 is 0. The molecule has 2 nitrogen and oxygen atoms in total. The third-order valence-corrected chi connectivity index (χ3v) is 5.00. The first-order valence-electron chi connectivity index (χ1n) is 7.65. The lowest BCUT2D eigenvalue weighted by atomic mass is 9.75. The monoisotopic (exact) mass is 238 g/mol. The van der Waals surface area contributed by atoms with Gasteiger partial charge >= 0.3 is 0 Å². The molecule has 2 rings (SSSR count). The number of likely N-dealkylation sites (N-methyl/N-ethyl adjacent to an activating group) is 1. The zero-order valence-corrected chi connectivity index (χ0v) is 11.8. The van der Waals surface area contributed by atoms with Gasteiger partial charge in [0.1, 0.15) is 0 Å². The van der Waals surface area contributed by atoms with Gasteiger partial charge in [-0.3, -0.25) is 4.90 Å². The Labute approximate surface area is 107 Å². The smallest absolute Gasteiger partial charge is 0.0334 e. The molecule has 2 atom stereocenters. The molecule has 0 amide bonds. The summed E-state index contributed by atoms with van der Waals surface area (Å²) in [6.07, 6.45) is 9.78. The number of rotatable bonds is 6. The van der Waals surface area contributed by atoms with Crippen molar-refractivity contribution in [1.82, 2.24) is 4.90 Å². The van der Waals surface area contributed by atoms with E-state index in [0.717, 1.165) is 18.4 Å². The van der Waals surface area contributed by atoms with Crippen LogP contribution in [0.3, 0.4) is 0 Å². The summed E-state index contributed by atoms with van der Waals surface area (Å²) in [5.74, 6) is 1.90. The van der Waals surface area contributed by atoms with Crippen molar-refractivity contribution >= 4 is 0 Å². The van der Waals surface area contributed by atoms with Gasteiger partial charge in [-0.2, -0.15) is 0 Å². The standard InChI is InChI=1S/C15H30N2/c1-3-17(10-8-14-6-7-14)15(12-16)9-4-5-13(2)11-15/h13-14H,3-12,16H2,1-2H3. The van der Waals surface area contributed by atoms with Gasteiger partial charge in [-0.05, 0) is 44.2 Å². The molecule has 2 fully saturated rings. The average molecular weight is 238 g/mol. The van der Waals surface area contributed by atoms with E-state index >= 15 is 0 Å². The first-order valence-corrected chi connectivity index (χ1v) is 7.65. The Bertz CT molecular complexity index is 237. The fraction of sp³-hybridized carbons (Fsp3) is 1.00. The van der Waals surface area contributed by atoms with Gasteiger partial charge in [-0.15, -0.1) is 0 Å². The van der Waals surface area contributed by atoms with Crippen LogP contribution in [0.15, 0.2) is 0 Å². The Morgan fingerprint density at radius 1 is 1.29 bits per heavy atom. The second-order valence-corrected chi connectivity index (χ2v) is 6.44. The minimum absolute atomic E-state index is 0.335. The van der Waals surface area contributed by atoms with Crippen LogP contribution in [0.4, 0.5) is 0 Å². The lowest BCUT2D eigenvalue weighted by Crippen LogP contribution is -2.56. The maximum Gasteiger partial charge on any atom is 0.0334 e. The van der Waals surface area contributed by atoms with Gasteiger partial charge in [0.05, 0.1) is 0 Å². The molecule has 100 valence electrons. The molecule has 0 aromatic heterocycles. The molecule has 0 spiro atoms. The molecule has 0 aromatic rings. The van der Waals surface area contributed by atoms with Gasteiger partial charge in [-0.1, -0.05) is 39.5 Å². The number of hydrogen-bond acceptors (Lipinski definition) is 2. The minimum Gasteiger partial charge on any atom is -0.329 e. The van der Waals surface area contributed by atoms with Crippen molar-refractivity contribution in [2.75, 3.05) is 19.6 Å². The van der Waals surface area contributed by atoms with Crippen molar-refractivity contribution in [1.29, 1.82) is 0 Å². The first kappa shape index (κ1) is 13.4. The Morgan fingerprint density at radius 2 is 2.06 bits per heavy atom. The van der Waals surface area contributed by atoms with E-state index in [9.17, 15) is 0 Å². The highest BCUT2D eigenvalue weighted by Crippen LogP contribution is 2.38. The minimum atomic E-state index is 0.335. The third-order valence-electron chi connectivity index (χ3n) is 5.00. The van der Waals surface area contributed by atoms with E-state index in [2.05, 4.69) is 18.7 Å². The predicted molar refractivity (Wildman–Crippen MR) is 74.0 cm³/mol. The summed E-state index contributed by atoms with van der Waals surface area (Å²) in [6, 6.07) is 0. The van der Waals surface area contributed by atoms with E-state index in [-0.39, 0.29) is 0 Å². The molecule has 0 heterocycles. The largest absolute Gasteiger partial charge is 0.329 e. The summed E-state index contributed by atoms with van der Waals surface area (Å²) in [6.45, 7) is 8.03. The second-order valence-electron chi connectivity index (χ2n) is 6.44. The van der Waals surface area contributed by atoms with Crippen molar-refractivity contribution in [2.24, 2.45) is 17.6 Å². The molecular weight excluding hydrogens is 208 g/mol. The summed E-state index contributed by atoms with van der Waals surface area (Å²) in [4.78, 5) is 2.71. The highest BCUT2D eigenvalue weighted by Gasteiger charge is 2.38.